The molecule has 0 amide bonds. The first-order valence-electron chi connectivity index (χ1n) is 8.49. The summed E-state index contributed by atoms with van der Waals surface area (Å²) in [4.78, 5) is 11.7. The molecule has 0 aromatic heterocycles. The Hall–Kier alpha value is -1.07. The van der Waals surface area contributed by atoms with E-state index in [0.717, 1.165) is 19.3 Å². The minimum absolute atomic E-state index is 0.000319. The molecular weight excluding hydrogens is 284 g/mol. The zero-order chi connectivity index (χ0) is 16.4. The highest BCUT2D eigenvalue weighted by atomic mass is 16.5. The maximum Gasteiger partial charge on any atom is 0.201 e. The van der Waals surface area contributed by atoms with Crippen molar-refractivity contribution in [1.82, 2.24) is 0 Å². The Balaban J connectivity index is 2.18. The SMILES string of the molecule is CCCCCCCCCCOC1=C(O)C(C(O)CO)CC1=O. The van der Waals surface area contributed by atoms with Crippen LogP contribution in [0.1, 0.15) is 64.7 Å². The van der Waals surface area contributed by atoms with Gasteiger partial charge < -0.3 is 20.1 Å². The van der Waals surface area contributed by atoms with Crippen LogP contribution in [0, 0.1) is 5.92 Å². The van der Waals surface area contributed by atoms with E-state index in [9.17, 15) is 15.0 Å². The van der Waals surface area contributed by atoms with Gasteiger partial charge in [-0.1, -0.05) is 51.9 Å². The van der Waals surface area contributed by atoms with Crippen molar-refractivity contribution < 1.29 is 24.9 Å². The van der Waals surface area contributed by atoms with Gasteiger partial charge in [0.15, 0.2) is 5.76 Å². The maximum absolute atomic E-state index is 11.7. The van der Waals surface area contributed by atoms with Gasteiger partial charge in [-0.25, -0.2) is 0 Å². The van der Waals surface area contributed by atoms with E-state index >= 15 is 0 Å². The molecule has 0 aromatic carbocycles. The molecule has 0 bridgehead atoms. The first-order valence-corrected chi connectivity index (χ1v) is 8.49. The smallest absolute Gasteiger partial charge is 0.201 e. The van der Waals surface area contributed by atoms with E-state index in [1.54, 1.807) is 0 Å². The lowest BCUT2D eigenvalue weighted by Crippen LogP contribution is -2.24. The van der Waals surface area contributed by atoms with E-state index < -0.39 is 18.6 Å². The number of hydrogen-bond donors (Lipinski definition) is 3. The minimum atomic E-state index is -1.12. The summed E-state index contributed by atoms with van der Waals surface area (Å²) in [6.07, 6.45) is 8.33. The van der Waals surface area contributed by atoms with E-state index in [4.69, 9.17) is 9.84 Å². The Kier molecular flexibility index (Phi) is 9.16. The fourth-order valence-electron chi connectivity index (χ4n) is 2.71. The second-order valence-corrected chi connectivity index (χ2v) is 6.02. The third kappa shape index (κ3) is 5.97. The summed E-state index contributed by atoms with van der Waals surface area (Å²) in [5, 5.41) is 28.3. The van der Waals surface area contributed by atoms with Crippen LogP contribution in [0.4, 0.5) is 0 Å². The van der Waals surface area contributed by atoms with Gasteiger partial charge in [0, 0.05) is 6.42 Å². The number of hydrogen-bond acceptors (Lipinski definition) is 5. The average molecular weight is 314 g/mol. The molecule has 0 aromatic rings. The second kappa shape index (κ2) is 10.6. The zero-order valence-corrected chi connectivity index (χ0v) is 13.6. The van der Waals surface area contributed by atoms with Gasteiger partial charge in [-0.05, 0) is 6.42 Å². The summed E-state index contributed by atoms with van der Waals surface area (Å²) >= 11 is 0. The molecule has 2 atom stereocenters. The van der Waals surface area contributed by atoms with Gasteiger partial charge in [0.25, 0.3) is 0 Å². The lowest BCUT2D eigenvalue weighted by Gasteiger charge is -2.14. The standard InChI is InChI=1S/C17H30O5/c1-2-3-4-5-6-7-8-9-10-22-17-14(19)11-13(16(17)21)15(20)12-18/h13,15,18,20-21H,2-12H2,1H3. The second-order valence-electron chi connectivity index (χ2n) is 6.02. The van der Waals surface area contributed by atoms with Crippen LogP contribution >= 0.6 is 0 Å². The number of allylic oxidation sites excluding steroid dienone is 1. The van der Waals surface area contributed by atoms with Crippen LogP contribution < -0.4 is 0 Å². The van der Waals surface area contributed by atoms with Crippen LogP contribution in [-0.4, -0.2) is 40.4 Å². The topological polar surface area (TPSA) is 87.0 Å². The first kappa shape index (κ1) is 19.0. The number of aliphatic hydroxyl groups is 3. The average Bonchev–Trinajstić information content (AvgIpc) is 2.80. The molecule has 0 heterocycles. The number of ether oxygens (including phenoxy) is 1. The van der Waals surface area contributed by atoms with Gasteiger partial charge in [-0.15, -0.1) is 0 Å². The van der Waals surface area contributed by atoms with E-state index in [1.807, 2.05) is 0 Å². The van der Waals surface area contributed by atoms with Gasteiger partial charge in [0.2, 0.25) is 5.78 Å². The van der Waals surface area contributed by atoms with Crippen molar-refractivity contribution in [3.8, 4) is 0 Å². The summed E-state index contributed by atoms with van der Waals surface area (Å²) in [7, 11) is 0. The monoisotopic (exact) mass is 314 g/mol. The van der Waals surface area contributed by atoms with Crippen molar-refractivity contribution >= 4 is 5.78 Å². The van der Waals surface area contributed by atoms with Crippen LogP contribution in [0.5, 0.6) is 0 Å². The van der Waals surface area contributed by atoms with Crippen LogP contribution in [0.15, 0.2) is 11.5 Å². The molecule has 0 saturated heterocycles. The third-order valence-electron chi connectivity index (χ3n) is 4.14. The molecule has 0 aliphatic heterocycles. The zero-order valence-electron chi connectivity index (χ0n) is 13.6. The number of rotatable bonds is 12. The summed E-state index contributed by atoms with van der Waals surface area (Å²) in [6.45, 7) is 2.13. The fraction of sp³-hybridized carbons (Fsp3) is 0.824. The molecule has 3 N–H and O–H groups in total. The number of ketones is 1. The number of Topliss-reactive ketones (excluding diaryl/α,β-unsaturated/α-hetero) is 1. The molecule has 1 rings (SSSR count). The Labute approximate surface area is 133 Å². The summed E-state index contributed by atoms with van der Waals surface area (Å²) in [5.41, 5.74) is 0. The minimum Gasteiger partial charge on any atom is -0.508 e. The Morgan fingerprint density at radius 2 is 1.73 bits per heavy atom. The molecule has 0 spiro atoms. The lowest BCUT2D eigenvalue weighted by atomic mass is 10.0. The predicted molar refractivity (Wildman–Crippen MR) is 84.4 cm³/mol. The van der Waals surface area contributed by atoms with Crippen LogP contribution in [0.25, 0.3) is 0 Å². The first-order chi connectivity index (χ1) is 10.6. The van der Waals surface area contributed by atoms with Crippen molar-refractivity contribution in [2.24, 2.45) is 5.92 Å². The van der Waals surface area contributed by atoms with Gasteiger partial charge in [-0.3, -0.25) is 4.79 Å². The van der Waals surface area contributed by atoms with Crippen molar-refractivity contribution in [2.45, 2.75) is 70.8 Å². The van der Waals surface area contributed by atoms with Crippen LogP contribution in [-0.2, 0) is 9.53 Å². The van der Waals surface area contributed by atoms with E-state index in [2.05, 4.69) is 6.92 Å². The van der Waals surface area contributed by atoms with Gasteiger partial charge >= 0.3 is 0 Å². The molecule has 1 aliphatic carbocycles. The highest BCUT2D eigenvalue weighted by Gasteiger charge is 2.38. The molecule has 1 aliphatic rings. The maximum atomic E-state index is 11.7. The van der Waals surface area contributed by atoms with Crippen molar-refractivity contribution in [2.75, 3.05) is 13.2 Å². The summed E-state index contributed by atoms with van der Waals surface area (Å²) < 4.78 is 5.38. The highest BCUT2D eigenvalue weighted by molar-refractivity contribution is 5.96. The summed E-state index contributed by atoms with van der Waals surface area (Å²) in [5.74, 6) is -1.27. The quantitative estimate of drug-likeness (QED) is 0.482. The molecule has 22 heavy (non-hydrogen) atoms. The lowest BCUT2D eigenvalue weighted by molar-refractivity contribution is -0.119. The van der Waals surface area contributed by atoms with Crippen molar-refractivity contribution in [3.05, 3.63) is 11.5 Å². The van der Waals surface area contributed by atoms with Crippen molar-refractivity contribution in [1.29, 1.82) is 0 Å². The predicted octanol–water partition coefficient (Wildman–Crippen LogP) is 2.86. The molecule has 0 radical (unpaired) electrons. The van der Waals surface area contributed by atoms with E-state index in [0.29, 0.717) is 6.61 Å². The van der Waals surface area contributed by atoms with Crippen LogP contribution in [0.3, 0.4) is 0 Å². The molecule has 128 valence electrons. The normalized spacial score (nSPS) is 19.8. The highest BCUT2D eigenvalue weighted by Crippen LogP contribution is 2.30. The fourth-order valence-corrected chi connectivity index (χ4v) is 2.71. The Morgan fingerprint density at radius 3 is 2.32 bits per heavy atom. The Morgan fingerprint density at radius 1 is 1.14 bits per heavy atom. The Bertz CT molecular complexity index is 364. The van der Waals surface area contributed by atoms with E-state index in [-0.39, 0.29) is 23.7 Å². The molecule has 5 heteroatoms. The molecular formula is C17H30O5. The molecule has 0 saturated carbocycles. The van der Waals surface area contributed by atoms with Crippen LogP contribution in [0.2, 0.25) is 0 Å². The molecule has 2 unspecified atom stereocenters. The molecule has 5 nitrogen and oxygen atoms in total. The number of carbonyl (C=O) groups excluding carboxylic acids is 1. The molecule has 0 fully saturated rings. The largest absolute Gasteiger partial charge is 0.508 e. The van der Waals surface area contributed by atoms with E-state index in [1.165, 1.54) is 32.1 Å². The van der Waals surface area contributed by atoms with Crippen molar-refractivity contribution in [3.63, 3.8) is 0 Å². The number of aliphatic hydroxyl groups excluding tert-OH is 3. The van der Waals surface area contributed by atoms with Gasteiger partial charge in [0.05, 0.1) is 25.2 Å². The number of unbranched alkanes of at least 4 members (excludes halogenated alkanes) is 7. The summed E-state index contributed by atoms with van der Waals surface area (Å²) in [6, 6.07) is 0. The van der Waals surface area contributed by atoms with Gasteiger partial charge in [-0.2, -0.15) is 0 Å². The van der Waals surface area contributed by atoms with Gasteiger partial charge in [0.1, 0.15) is 5.76 Å². The third-order valence-corrected chi connectivity index (χ3v) is 4.14. The number of carbonyl (C=O) groups is 1.